The Balaban J connectivity index is 2.00. The van der Waals surface area contributed by atoms with E-state index >= 15 is 0 Å². The van der Waals surface area contributed by atoms with Crippen LogP contribution in [0.15, 0.2) is 18.3 Å². The quantitative estimate of drug-likeness (QED) is 0.797. The Hall–Kier alpha value is -1.42. The molecule has 0 saturated heterocycles. The number of nitrogens with one attached hydrogen (secondary N) is 2. The third kappa shape index (κ3) is 2.58. The molecule has 16 heavy (non-hydrogen) atoms. The van der Waals surface area contributed by atoms with Crippen LogP contribution in [0.4, 0.5) is 0 Å². The average Bonchev–Trinajstić information content (AvgIpc) is 2.24. The Morgan fingerprint density at radius 2 is 2.38 bits per heavy atom. The summed E-state index contributed by atoms with van der Waals surface area (Å²) >= 11 is 0. The molecule has 0 unspecified atom stereocenters. The van der Waals surface area contributed by atoms with E-state index in [1.807, 2.05) is 19.2 Å². The zero-order chi connectivity index (χ0) is 11.4. The Morgan fingerprint density at radius 1 is 1.56 bits per heavy atom. The molecule has 0 aromatic carbocycles. The average molecular weight is 219 g/mol. The van der Waals surface area contributed by atoms with Crippen molar-refractivity contribution in [2.75, 3.05) is 7.05 Å². The van der Waals surface area contributed by atoms with Gasteiger partial charge in [0.15, 0.2) is 0 Å². The fourth-order valence-electron chi connectivity index (χ4n) is 1.72. The minimum absolute atomic E-state index is 0.0531. The van der Waals surface area contributed by atoms with Gasteiger partial charge in [0.05, 0.1) is 0 Å². The summed E-state index contributed by atoms with van der Waals surface area (Å²) in [5, 5.41) is 6.03. The minimum Gasteiger partial charge on any atom is -0.348 e. The van der Waals surface area contributed by atoms with Crippen LogP contribution in [0.3, 0.4) is 0 Å². The molecule has 0 radical (unpaired) electrons. The van der Waals surface area contributed by atoms with Crippen LogP contribution in [0.2, 0.25) is 0 Å². The second-order valence-corrected chi connectivity index (χ2v) is 4.18. The van der Waals surface area contributed by atoms with Gasteiger partial charge in [0.1, 0.15) is 5.69 Å². The molecule has 0 bridgehead atoms. The van der Waals surface area contributed by atoms with E-state index in [4.69, 9.17) is 0 Å². The van der Waals surface area contributed by atoms with Gasteiger partial charge in [-0.15, -0.1) is 0 Å². The molecule has 1 heterocycles. The molecule has 0 aliphatic heterocycles. The van der Waals surface area contributed by atoms with Gasteiger partial charge in [-0.1, -0.05) is 0 Å². The fourth-order valence-corrected chi connectivity index (χ4v) is 1.72. The minimum atomic E-state index is -0.0531. The number of rotatable bonds is 4. The normalized spacial score (nSPS) is 15.6. The van der Waals surface area contributed by atoms with Crippen LogP contribution in [-0.4, -0.2) is 24.0 Å². The maximum Gasteiger partial charge on any atom is 0.270 e. The van der Waals surface area contributed by atoms with E-state index in [1.165, 1.54) is 6.42 Å². The van der Waals surface area contributed by atoms with E-state index in [1.54, 1.807) is 6.20 Å². The molecule has 0 atom stereocenters. The van der Waals surface area contributed by atoms with Crippen molar-refractivity contribution < 1.29 is 4.79 Å². The standard InChI is InChI=1S/C12H17N3O/c1-13-8-9-5-6-14-11(7-9)12(16)15-10-3-2-4-10/h5-7,10,13H,2-4,8H2,1H3,(H,15,16). The van der Waals surface area contributed by atoms with Crippen LogP contribution in [0.1, 0.15) is 35.3 Å². The molecule has 1 aliphatic carbocycles. The van der Waals surface area contributed by atoms with Crippen LogP contribution >= 0.6 is 0 Å². The SMILES string of the molecule is CNCc1ccnc(C(=O)NC2CCC2)c1. The lowest BCUT2D eigenvalue weighted by Gasteiger charge is -2.26. The first kappa shape index (κ1) is 11.1. The fraction of sp³-hybridized carbons (Fsp3) is 0.500. The van der Waals surface area contributed by atoms with Gasteiger partial charge >= 0.3 is 0 Å². The summed E-state index contributed by atoms with van der Waals surface area (Å²) < 4.78 is 0. The van der Waals surface area contributed by atoms with Crippen molar-refractivity contribution in [1.29, 1.82) is 0 Å². The predicted octanol–water partition coefficient (Wildman–Crippen LogP) is 1.08. The maximum atomic E-state index is 11.8. The Kier molecular flexibility index (Phi) is 3.51. The first-order chi connectivity index (χ1) is 7.79. The van der Waals surface area contributed by atoms with E-state index in [0.717, 1.165) is 24.9 Å². The van der Waals surface area contributed by atoms with Crippen molar-refractivity contribution in [1.82, 2.24) is 15.6 Å². The van der Waals surface area contributed by atoms with Crippen molar-refractivity contribution >= 4 is 5.91 Å². The zero-order valence-corrected chi connectivity index (χ0v) is 9.49. The van der Waals surface area contributed by atoms with Gasteiger partial charge in [-0.05, 0) is 44.0 Å². The smallest absolute Gasteiger partial charge is 0.270 e. The molecular weight excluding hydrogens is 202 g/mol. The predicted molar refractivity (Wildman–Crippen MR) is 62.1 cm³/mol. The first-order valence-corrected chi connectivity index (χ1v) is 5.70. The van der Waals surface area contributed by atoms with E-state index < -0.39 is 0 Å². The summed E-state index contributed by atoms with van der Waals surface area (Å²) in [6.45, 7) is 0.756. The molecule has 1 aromatic rings. The highest BCUT2D eigenvalue weighted by Crippen LogP contribution is 2.18. The highest BCUT2D eigenvalue weighted by atomic mass is 16.1. The number of carbonyl (C=O) groups excluding carboxylic acids is 1. The molecular formula is C12H17N3O. The van der Waals surface area contributed by atoms with E-state index in [2.05, 4.69) is 15.6 Å². The number of hydrogen-bond donors (Lipinski definition) is 2. The number of hydrogen-bond acceptors (Lipinski definition) is 3. The summed E-state index contributed by atoms with van der Waals surface area (Å²) in [4.78, 5) is 15.9. The molecule has 1 aromatic heterocycles. The summed E-state index contributed by atoms with van der Waals surface area (Å²) in [5.41, 5.74) is 1.59. The molecule has 1 aliphatic rings. The number of nitrogens with zero attached hydrogens (tertiary/aromatic N) is 1. The van der Waals surface area contributed by atoms with Crippen LogP contribution in [0, 0.1) is 0 Å². The zero-order valence-electron chi connectivity index (χ0n) is 9.49. The second kappa shape index (κ2) is 5.07. The lowest BCUT2D eigenvalue weighted by atomic mass is 9.93. The molecule has 4 heteroatoms. The number of aromatic nitrogens is 1. The molecule has 86 valence electrons. The van der Waals surface area contributed by atoms with Gasteiger partial charge in [-0.3, -0.25) is 9.78 Å². The number of amides is 1. The molecule has 0 spiro atoms. The van der Waals surface area contributed by atoms with Gasteiger partial charge in [-0.25, -0.2) is 0 Å². The first-order valence-electron chi connectivity index (χ1n) is 5.70. The van der Waals surface area contributed by atoms with Crippen LogP contribution in [-0.2, 0) is 6.54 Å². The molecule has 2 rings (SSSR count). The van der Waals surface area contributed by atoms with Gasteiger partial charge in [0.25, 0.3) is 5.91 Å². The highest BCUT2D eigenvalue weighted by Gasteiger charge is 2.20. The molecule has 2 N–H and O–H groups in total. The molecule has 4 nitrogen and oxygen atoms in total. The number of carbonyl (C=O) groups is 1. The van der Waals surface area contributed by atoms with Crippen molar-refractivity contribution in [2.24, 2.45) is 0 Å². The molecule has 1 amide bonds. The number of pyridine rings is 1. The van der Waals surface area contributed by atoms with Crippen molar-refractivity contribution in [3.05, 3.63) is 29.6 Å². The van der Waals surface area contributed by atoms with Crippen molar-refractivity contribution in [2.45, 2.75) is 31.8 Å². The Bertz CT molecular complexity index is 374. The lowest BCUT2D eigenvalue weighted by Crippen LogP contribution is -2.39. The van der Waals surface area contributed by atoms with Gasteiger partial charge in [-0.2, -0.15) is 0 Å². The summed E-state index contributed by atoms with van der Waals surface area (Å²) in [6, 6.07) is 4.11. The largest absolute Gasteiger partial charge is 0.348 e. The summed E-state index contributed by atoms with van der Waals surface area (Å²) in [6.07, 6.45) is 5.10. The third-order valence-corrected chi connectivity index (χ3v) is 2.88. The van der Waals surface area contributed by atoms with Gasteiger partial charge < -0.3 is 10.6 Å². The highest BCUT2D eigenvalue weighted by molar-refractivity contribution is 5.92. The maximum absolute atomic E-state index is 11.8. The van der Waals surface area contributed by atoms with E-state index in [-0.39, 0.29) is 5.91 Å². The topological polar surface area (TPSA) is 54.0 Å². The summed E-state index contributed by atoms with van der Waals surface area (Å²) in [7, 11) is 1.88. The molecule has 1 fully saturated rings. The van der Waals surface area contributed by atoms with Crippen LogP contribution in [0.5, 0.6) is 0 Å². The van der Waals surface area contributed by atoms with Gasteiger partial charge in [0.2, 0.25) is 0 Å². The second-order valence-electron chi connectivity index (χ2n) is 4.18. The Labute approximate surface area is 95.5 Å². The summed E-state index contributed by atoms with van der Waals surface area (Å²) in [5.74, 6) is -0.0531. The molecule has 1 saturated carbocycles. The monoisotopic (exact) mass is 219 g/mol. The third-order valence-electron chi connectivity index (χ3n) is 2.88. The van der Waals surface area contributed by atoms with E-state index in [0.29, 0.717) is 11.7 Å². The van der Waals surface area contributed by atoms with Crippen LogP contribution in [0.25, 0.3) is 0 Å². The lowest BCUT2D eigenvalue weighted by molar-refractivity contribution is 0.0911. The van der Waals surface area contributed by atoms with Gasteiger partial charge in [0, 0.05) is 18.8 Å². The van der Waals surface area contributed by atoms with Crippen LogP contribution < -0.4 is 10.6 Å². The van der Waals surface area contributed by atoms with Crippen molar-refractivity contribution in [3.63, 3.8) is 0 Å². The van der Waals surface area contributed by atoms with Crippen molar-refractivity contribution in [3.8, 4) is 0 Å². The Morgan fingerprint density at radius 3 is 3.00 bits per heavy atom. The van der Waals surface area contributed by atoms with E-state index in [9.17, 15) is 4.79 Å².